The van der Waals surface area contributed by atoms with Crippen molar-refractivity contribution in [2.45, 2.75) is 86.5 Å². The Morgan fingerprint density at radius 3 is 2.27 bits per heavy atom. The summed E-state index contributed by atoms with van der Waals surface area (Å²) in [4.78, 5) is 42.9. The summed E-state index contributed by atoms with van der Waals surface area (Å²) in [5, 5.41) is 9.78. The van der Waals surface area contributed by atoms with Crippen molar-refractivity contribution in [1.82, 2.24) is 4.90 Å². The summed E-state index contributed by atoms with van der Waals surface area (Å²) < 4.78 is 0. The number of amides is 1. The van der Waals surface area contributed by atoms with E-state index >= 15 is 0 Å². The largest absolute Gasteiger partial charge is 0.348 e. The number of fused-ring (bicyclic) bond motifs is 7. The number of nitriles is 1. The number of hydrogen-bond donors (Lipinski definition) is 0. The van der Waals surface area contributed by atoms with Crippen LogP contribution in [0.1, 0.15) is 86.5 Å². The van der Waals surface area contributed by atoms with Gasteiger partial charge in [-0.15, -0.1) is 0 Å². The van der Waals surface area contributed by atoms with Crippen LogP contribution in [0.5, 0.6) is 0 Å². The van der Waals surface area contributed by atoms with Gasteiger partial charge in [-0.1, -0.05) is 53.2 Å². The summed E-state index contributed by atoms with van der Waals surface area (Å²) >= 11 is 0. The lowest BCUT2D eigenvalue weighted by molar-refractivity contribution is -0.182. The van der Waals surface area contributed by atoms with Gasteiger partial charge in [-0.25, -0.2) is 0 Å². The molecule has 0 radical (unpaired) electrons. The van der Waals surface area contributed by atoms with Crippen molar-refractivity contribution in [1.29, 1.82) is 5.26 Å². The smallest absolute Gasteiger partial charge is 0.228 e. The van der Waals surface area contributed by atoms with Crippen LogP contribution in [0, 0.1) is 62.1 Å². The lowest BCUT2D eigenvalue weighted by Gasteiger charge is -2.68. The fraction of sp³-hybridized carbons (Fsp3) is 0.750. The number of carbonyl (C=O) groups is 3. The van der Waals surface area contributed by atoms with E-state index in [-0.39, 0.29) is 63.0 Å². The zero-order valence-electron chi connectivity index (χ0n) is 24.0. The van der Waals surface area contributed by atoms with E-state index in [1.165, 1.54) is 0 Å². The standard InChI is InChI=1S/C32H44N2O3/c1-19-21-9-10-30(5)24(29(21,4)16-20(18-33)26(19)36)15-23(35)25-22-17-28(2,3)11-13-32(22,27(37)34(7)8)14-12-31(25,30)6/h15-16,19,21-22,25H,9-14,17H2,1-8H3. The highest BCUT2D eigenvalue weighted by molar-refractivity contribution is 6.02. The van der Waals surface area contributed by atoms with Crippen molar-refractivity contribution in [2.75, 3.05) is 14.1 Å². The quantitative estimate of drug-likeness (QED) is 0.445. The predicted octanol–water partition coefficient (Wildman–Crippen LogP) is 5.90. The van der Waals surface area contributed by atoms with Crippen molar-refractivity contribution in [2.24, 2.45) is 50.7 Å². The molecule has 37 heavy (non-hydrogen) atoms. The van der Waals surface area contributed by atoms with E-state index in [2.05, 4.69) is 40.7 Å². The van der Waals surface area contributed by atoms with Gasteiger partial charge in [-0.3, -0.25) is 14.4 Å². The van der Waals surface area contributed by atoms with Crippen LogP contribution in [-0.4, -0.2) is 36.5 Å². The molecule has 5 nitrogen and oxygen atoms in total. The van der Waals surface area contributed by atoms with Gasteiger partial charge in [0.25, 0.3) is 0 Å². The average molecular weight is 505 g/mol. The van der Waals surface area contributed by atoms with E-state index in [4.69, 9.17) is 0 Å². The molecule has 5 aliphatic carbocycles. The molecule has 0 aromatic heterocycles. The molecule has 0 aromatic rings. The second-order valence-corrected chi connectivity index (χ2v) is 14.8. The number of nitrogens with zero attached hydrogens (tertiary/aromatic N) is 2. The molecule has 0 aliphatic heterocycles. The van der Waals surface area contributed by atoms with Gasteiger partial charge in [0.1, 0.15) is 6.07 Å². The summed E-state index contributed by atoms with van der Waals surface area (Å²) in [6.07, 6.45) is 10.1. The summed E-state index contributed by atoms with van der Waals surface area (Å²) in [7, 11) is 3.72. The number of carbonyl (C=O) groups excluding carboxylic acids is 3. The monoisotopic (exact) mass is 504 g/mol. The Balaban J connectivity index is 1.69. The normalized spacial score (nSPS) is 46.2. The van der Waals surface area contributed by atoms with Crippen molar-refractivity contribution in [3.8, 4) is 6.07 Å². The highest BCUT2D eigenvalue weighted by Gasteiger charge is 2.70. The predicted molar refractivity (Wildman–Crippen MR) is 143 cm³/mol. The van der Waals surface area contributed by atoms with Crippen LogP contribution < -0.4 is 0 Å². The van der Waals surface area contributed by atoms with Gasteiger partial charge in [-0.2, -0.15) is 5.26 Å². The summed E-state index contributed by atoms with van der Waals surface area (Å²) in [5.74, 6) is -0.0151. The highest BCUT2D eigenvalue weighted by Crippen LogP contribution is 2.73. The molecule has 8 atom stereocenters. The number of hydrogen-bond acceptors (Lipinski definition) is 4. The fourth-order valence-electron chi connectivity index (χ4n) is 10.1. The Morgan fingerprint density at radius 1 is 1.00 bits per heavy atom. The molecule has 0 N–H and O–H groups in total. The van der Waals surface area contributed by atoms with Crippen LogP contribution in [0.4, 0.5) is 0 Å². The Morgan fingerprint density at radius 2 is 1.65 bits per heavy atom. The van der Waals surface area contributed by atoms with Gasteiger partial charge >= 0.3 is 0 Å². The van der Waals surface area contributed by atoms with Crippen molar-refractivity contribution < 1.29 is 14.4 Å². The van der Waals surface area contributed by atoms with E-state index in [9.17, 15) is 19.6 Å². The van der Waals surface area contributed by atoms with Gasteiger partial charge in [0.15, 0.2) is 11.6 Å². The zero-order chi connectivity index (χ0) is 27.3. The maximum atomic E-state index is 14.4. The molecular weight excluding hydrogens is 460 g/mol. The molecule has 1 amide bonds. The van der Waals surface area contributed by atoms with Gasteiger partial charge in [0.05, 0.1) is 11.0 Å². The third-order valence-electron chi connectivity index (χ3n) is 12.3. The first-order valence-electron chi connectivity index (χ1n) is 14.2. The van der Waals surface area contributed by atoms with E-state index in [0.717, 1.165) is 50.5 Å². The Labute approximate surface area is 222 Å². The van der Waals surface area contributed by atoms with Gasteiger partial charge in [0, 0.05) is 31.3 Å². The molecule has 0 bridgehead atoms. The summed E-state index contributed by atoms with van der Waals surface area (Å²) in [6.45, 7) is 13.4. The molecule has 8 unspecified atom stereocenters. The van der Waals surface area contributed by atoms with Gasteiger partial charge < -0.3 is 4.90 Å². The van der Waals surface area contributed by atoms with Gasteiger partial charge in [-0.05, 0) is 79.1 Å². The van der Waals surface area contributed by atoms with Crippen LogP contribution in [-0.2, 0) is 14.4 Å². The van der Waals surface area contributed by atoms with Crippen LogP contribution in [0.25, 0.3) is 0 Å². The number of rotatable bonds is 1. The van der Waals surface area contributed by atoms with Crippen molar-refractivity contribution in [3.05, 3.63) is 23.3 Å². The molecule has 200 valence electrons. The maximum Gasteiger partial charge on any atom is 0.228 e. The third-order valence-corrected chi connectivity index (χ3v) is 12.3. The first-order chi connectivity index (χ1) is 17.1. The third kappa shape index (κ3) is 3.23. The van der Waals surface area contributed by atoms with E-state index < -0.39 is 10.8 Å². The molecule has 0 saturated heterocycles. The highest BCUT2D eigenvalue weighted by atomic mass is 16.2. The molecule has 3 fully saturated rings. The van der Waals surface area contributed by atoms with Crippen LogP contribution >= 0.6 is 0 Å². The fourth-order valence-corrected chi connectivity index (χ4v) is 10.1. The van der Waals surface area contributed by atoms with E-state index in [1.54, 1.807) is 4.90 Å². The lowest BCUT2D eigenvalue weighted by Crippen LogP contribution is -2.66. The average Bonchev–Trinajstić information content (AvgIpc) is 2.82. The lowest BCUT2D eigenvalue weighted by atomic mass is 9.34. The van der Waals surface area contributed by atoms with E-state index in [1.807, 2.05) is 33.2 Å². The van der Waals surface area contributed by atoms with Crippen molar-refractivity contribution >= 4 is 17.5 Å². The molecule has 0 spiro atoms. The minimum atomic E-state index is -0.491. The molecule has 5 rings (SSSR count). The summed E-state index contributed by atoms with van der Waals surface area (Å²) in [6, 6.07) is 2.16. The van der Waals surface area contributed by atoms with Crippen LogP contribution in [0.15, 0.2) is 23.3 Å². The minimum Gasteiger partial charge on any atom is -0.348 e. The molecule has 3 saturated carbocycles. The first kappa shape index (κ1) is 26.4. The zero-order valence-corrected chi connectivity index (χ0v) is 24.0. The second kappa shape index (κ2) is 7.90. The molecular formula is C32H44N2O3. The Bertz CT molecular complexity index is 1190. The molecule has 0 aromatic carbocycles. The number of ketones is 2. The molecule has 5 aliphatic rings. The van der Waals surface area contributed by atoms with Crippen LogP contribution in [0.3, 0.4) is 0 Å². The Hall–Kier alpha value is -2.22. The Kier molecular flexibility index (Phi) is 5.64. The molecule has 5 heteroatoms. The topological polar surface area (TPSA) is 78.2 Å². The second-order valence-electron chi connectivity index (χ2n) is 14.8. The first-order valence-corrected chi connectivity index (χ1v) is 14.2. The summed E-state index contributed by atoms with van der Waals surface area (Å²) in [5.41, 5.74) is -0.0175. The SMILES string of the molecule is CC1C(=O)C(C#N)=CC2(C)C3=CC(=O)C4C5CC(C)(C)CCC5(C(=O)N(C)C)CCC4(C)C3(C)CCC12. The number of Topliss-reactive ketones (excluding diaryl/α,β-unsaturated/α-hetero) is 1. The number of allylic oxidation sites excluding steroid dienone is 4. The minimum absolute atomic E-state index is 0.0228. The van der Waals surface area contributed by atoms with E-state index in [0.29, 0.717) is 0 Å². The van der Waals surface area contributed by atoms with Gasteiger partial charge in [0.2, 0.25) is 5.91 Å². The molecule has 0 heterocycles. The maximum absolute atomic E-state index is 14.4. The van der Waals surface area contributed by atoms with Crippen molar-refractivity contribution in [3.63, 3.8) is 0 Å². The van der Waals surface area contributed by atoms with Crippen LogP contribution in [0.2, 0.25) is 0 Å².